The Bertz CT molecular complexity index is 1030. The van der Waals surface area contributed by atoms with Crippen LogP contribution in [-0.4, -0.2) is 37.2 Å². The second-order valence-corrected chi connectivity index (χ2v) is 23.1. The average molecular weight is 1030 g/mol. The van der Waals surface area contributed by atoms with Crippen LogP contribution in [0.15, 0.2) is 0 Å². The summed E-state index contributed by atoms with van der Waals surface area (Å²) in [6.45, 7) is 6.73. The van der Waals surface area contributed by atoms with Crippen molar-refractivity contribution in [1.82, 2.24) is 0 Å². The molecule has 6 nitrogen and oxygen atoms in total. The molecule has 73 heavy (non-hydrogen) atoms. The largest absolute Gasteiger partial charge is 0.462 e. The van der Waals surface area contributed by atoms with Gasteiger partial charge in [-0.2, -0.15) is 0 Å². The van der Waals surface area contributed by atoms with Crippen LogP contribution in [0.4, 0.5) is 0 Å². The van der Waals surface area contributed by atoms with Crippen molar-refractivity contribution in [1.29, 1.82) is 0 Å². The monoisotopic (exact) mass is 1030 g/mol. The molecule has 0 spiro atoms. The topological polar surface area (TPSA) is 78.9 Å². The molecule has 0 fully saturated rings. The Hall–Kier alpha value is -1.59. The van der Waals surface area contributed by atoms with E-state index < -0.39 is 6.10 Å². The third-order valence-corrected chi connectivity index (χ3v) is 15.6. The van der Waals surface area contributed by atoms with Crippen molar-refractivity contribution in [2.45, 2.75) is 399 Å². The highest BCUT2D eigenvalue weighted by atomic mass is 16.6. The fraction of sp³-hybridized carbons (Fsp3) is 0.955. The van der Waals surface area contributed by atoms with E-state index in [-0.39, 0.29) is 31.1 Å². The Morgan fingerprint density at radius 3 is 0.548 bits per heavy atom. The molecule has 0 aliphatic rings. The zero-order valence-corrected chi connectivity index (χ0v) is 50.0. The van der Waals surface area contributed by atoms with Crippen LogP contribution in [0, 0.1) is 0 Å². The molecule has 0 saturated heterocycles. The van der Waals surface area contributed by atoms with Gasteiger partial charge in [-0.25, -0.2) is 0 Å². The minimum Gasteiger partial charge on any atom is -0.462 e. The van der Waals surface area contributed by atoms with Crippen LogP contribution in [-0.2, 0) is 28.6 Å². The van der Waals surface area contributed by atoms with E-state index in [2.05, 4.69) is 20.8 Å². The van der Waals surface area contributed by atoms with Crippen molar-refractivity contribution in [3.8, 4) is 0 Å². The fourth-order valence-electron chi connectivity index (χ4n) is 10.6. The zero-order chi connectivity index (χ0) is 52.9. The Balaban J connectivity index is 4.20. The number of esters is 3. The second-order valence-electron chi connectivity index (χ2n) is 23.1. The Kier molecular flexibility index (Phi) is 61.6. The molecule has 0 saturated carbocycles. The summed E-state index contributed by atoms with van der Waals surface area (Å²) in [5.74, 6) is -0.823. The van der Waals surface area contributed by atoms with Gasteiger partial charge in [-0.15, -0.1) is 0 Å². The van der Waals surface area contributed by atoms with Crippen molar-refractivity contribution in [2.75, 3.05) is 13.2 Å². The maximum Gasteiger partial charge on any atom is 0.306 e. The summed E-state index contributed by atoms with van der Waals surface area (Å²) in [5.41, 5.74) is 0. The van der Waals surface area contributed by atoms with E-state index in [9.17, 15) is 14.4 Å². The first-order valence-corrected chi connectivity index (χ1v) is 33.5. The van der Waals surface area contributed by atoms with Gasteiger partial charge in [0.1, 0.15) is 13.2 Å². The highest BCUT2D eigenvalue weighted by Gasteiger charge is 2.19. The molecule has 0 aromatic carbocycles. The van der Waals surface area contributed by atoms with E-state index in [0.29, 0.717) is 19.3 Å². The van der Waals surface area contributed by atoms with Gasteiger partial charge in [0.25, 0.3) is 0 Å². The van der Waals surface area contributed by atoms with Crippen molar-refractivity contribution in [3.63, 3.8) is 0 Å². The van der Waals surface area contributed by atoms with Crippen LogP contribution in [0.25, 0.3) is 0 Å². The molecule has 0 heterocycles. The molecule has 0 rings (SSSR count). The highest BCUT2D eigenvalue weighted by molar-refractivity contribution is 5.71. The molecule has 0 radical (unpaired) electrons. The van der Waals surface area contributed by atoms with Gasteiger partial charge in [-0.1, -0.05) is 355 Å². The number of rotatable bonds is 63. The first-order chi connectivity index (χ1) is 36.0. The quantitative estimate of drug-likeness (QED) is 0.0343. The lowest BCUT2D eigenvalue weighted by atomic mass is 10.0. The molecule has 0 amide bonds. The van der Waals surface area contributed by atoms with E-state index in [1.165, 1.54) is 295 Å². The number of unbranched alkanes of at least 4 members (excludes halogenated alkanes) is 52. The number of hydrogen-bond donors (Lipinski definition) is 0. The van der Waals surface area contributed by atoms with Gasteiger partial charge < -0.3 is 14.2 Å². The summed E-state index contributed by atoms with van der Waals surface area (Å²) < 4.78 is 17.0. The summed E-state index contributed by atoms with van der Waals surface area (Å²) >= 11 is 0. The van der Waals surface area contributed by atoms with Crippen LogP contribution in [0.2, 0.25) is 0 Å². The molecule has 0 aliphatic heterocycles. The minimum absolute atomic E-state index is 0.0604. The third-order valence-electron chi connectivity index (χ3n) is 15.6. The normalized spacial score (nSPS) is 11.5. The highest BCUT2D eigenvalue weighted by Crippen LogP contribution is 2.19. The third kappa shape index (κ3) is 61.1. The molecule has 0 aromatic heterocycles. The lowest BCUT2D eigenvalue weighted by Crippen LogP contribution is -2.30. The smallest absolute Gasteiger partial charge is 0.306 e. The molecule has 0 aliphatic carbocycles. The first kappa shape index (κ1) is 71.4. The molecular formula is C67H130O6. The molecule has 0 bridgehead atoms. The summed E-state index contributed by atoms with van der Waals surface area (Å²) in [6.07, 6.45) is 72.6. The Morgan fingerprint density at radius 2 is 0.370 bits per heavy atom. The fourth-order valence-corrected chi connectivity index (χ4v) is 10.6. The minimum atomic E-state index is -0.762. The standard InChI is InChI=1S/C67H130O6/c1-4-7-10-13-16-19-22-25-27-29-31-33-35-37-39-42-44-47-50-53-56-59-65(68)71-62-64(73-67(70)61-58-55-52-49-46-41-24-21-18-15-12-9-6-3)63-72-66(69)60-57-54-51-48-45-43-40-38-36-34-32-30-28-26-23-20-17-14-11-8-5-2/h64H,4-63H2,1-3H3. The lowest BCUT2D eigenvalue weighted by Gasteiger charge is -2.18. The molecule has 0 aromatic rings. The van der Waals surface area contributed by atoms with E-state index in [1.807, 2.05) is 0 Å². The molecular weight excluding hydrogens is 901 g/mol. The van der Waals surface area contributed by atoms with Crippen molar-refractivity contribution < 1.29 is 28.6 Å². The lowest BCUT2D eigenvalue weighted by molar-refractivity contribution is -0.167. The number of hydrogen-bond acceptors (Lipinski definition) is 6. The zero-order valence-electron chi connectivity index (χ0n) is 50.0. The van der Waals surface area contributed by atoms with Gasteiger partial charge >= 0.3 is 17.9 Å². The SMILES string of the molecule is CCCCCCCCCCCCCCCCCCCCCCCC(=O)OCC(COC(=O)CCCCCCCCCCCCCCCCCCCCCCC)OC(=O)CCCCCCCCCCCCCCC. The summed E-state index contributed by atoms with van der Waals surface area (Å²) in [7, 11) is 0. The Morgan fingerprint density at radius 1 is 0.219 bits per heavy atom. The van der Waals surface area contributed by atoms with Gasteiger partial charge in [0.15, 0.2) is 6.10 Å². The Labute approximate surface area is 457 Å². The summed E-state index contributed by atoms with van der Waals surface area (Å²) in [6, 6.07) is 0. The van der Waals surface area contributed by atoms with Crippen LogP contribution < -0.4 is 0 Å². The number of ether oxygens (including phenoxy) is 3. The van der Waals surface area contributed by atoms with Gasteiger partial charge in [0.2, 0.25) is 0 Å². The van der Waals surface area contributed by atoms with Crippen molar-refractivity contribution >= 4 is 17.9 Å². The summed E-state index contributed by atoms with van der Waals surface area (Å²) in [5, 5.41) is 0. The summed E-state index contributed by atoms with van der Waals surface area (Å²) in [4.78, 5) is 38.3. The van der Waals surface area contributed by atoms with Gasteiger partial charge in [0, 0.05) is 19.3 Å². The van der Waals surface area contributed by atoms with Gasteiger partial charge in [-0.3, -0.25) is 14.4 Å². The van der Waals surface area contributed by atoms with Gasteiger partial charge in [-0.05, 0) is 19.3 Å². The maximum absolute atomic E-state index is 12.9. The number of carbonyl (C=O) groups excluding carboxylic acids is 3. The second kappa shape index (κ2) is 62.9. The predicted molar refractivity (Wildman–Crippen MR) is 317 cm³/mol. The molecule has 6 heteroatoms. The van der Waals surface area contributed by atoms with Gasteiger partial charge in [0.05, 0.1) is 0 Å². The molecule has 0 unspecified atom stereocenters. The van der Waals surface area contributed by atoms with E-state index in [0.717, 1.165) is 57.8 Å². The number of carbonyl (C=O) groups is 3. The maximum atomic E-state index is 12.9. The van der Waals surface area contributed by atoms with Crippen molar-refractivity contribution in [2.24, 2.45) is 0 Å². The van der Waals surface area contributed by atoms with E-state index >= 15 is 0 Å². The van der Waals surface area contributed by atoms with E-state index in [1.54, 1.807) is 0 Å². The molecule has 0 N–H and O–H groups in total. The van der Waals surface area contributed by atoms with Crippen LogP contribution in [0.1, 0.15) is 393 Å². The van der Waals surface area contributed by atoms with Crippen LogP contribution in [0.3, 0.4) is 0 Å². The predicted octanol–water partition coefficient (Wildman–Crippen LogP) is 22.7. The molecule has 0 atom stereocenters. The average Bonchev–Trinajstić information content (AvgIpc) is 3.39. The first-order valence-electron chi connectivity index (χ1n) is 33.5. The van der Waals surface area contributed by atoms with Crippen LogP contribution >= 0.6 is 0 Å². The van der Waals surface area contributed by atoms with Crippen molar-refractivity contribution in [3.05, 3.63) is 0 Å². The van der Waals surface area contributed by atoms with Crippen LogP contribution in [0.5, 0.6) is 0 Å². The molecule has 434 valence electrons. The van der Waals surface area contributed by atoms with E-state index in [4.69, 9.17) is 14.2 Å².